The SMILES string of the molecule is Cc1cc(Br)ccc1C(NN)C1CC(C)(C)OC1(C)C. The molecule has 1 saturated heterocycles. The molecule has 0 radical (unpaired) electrons. The third-order valence-electron chi connectivity index (χ3n) is 4.29. The van der Waals surface area contributed by atoms with Gasteiger partial charge in [-0.3, -0.25) is 11.3 Å². The number of ether oxygens (including phenoxy) is 1. The van der Waals surface area contributed by atoms with Gasteiger partial charge in [0.05, 0.1) is 17.2 Å². The average molecular weight is 341 g/mol. The van der Waals surface area contributed by atoms with Crippen LogP contribution in [0.15, 0.2) is 22.7 Å². The summed E-state index contributed by atoms with van der Waals surface area (Å²) >= 11 is 3.51. The molecule has 1 aromatic carbocycles. The molecular weight excluding hydrogens is 316 g/mol. The predicted octanol–water partition coefficient (Wildman–Crippen LogP) is 3.86. The summed E-state index contributed by atoms with van der Waals surface area (Å²) in [5.74, 6) is 6.22. The second-order valence-corrected chi connectivity index (χ2v) is 7.84. The molecule has 0 spiro atoms. The normalized spacial score (nSPS) is 25.6. The number of aryl methyl sites for hydroxylation is 1. The maximum absolute atomic E-state index is 6.21. The Balaban J connectivity index is 2.37. The Hall–Kier alpha value is -0.420. The average Bonchev–Trinajstić information content (AvgIpc) is 2.51. The van der Waals surface area contributed by atoms with Crippen LogP contribution in [0.4, 0.5) is 0 Å². The highest BCUT2D eigenvalue weighted by Crippen LogP contribution is 2.47. The number of hydrogen-bond donors (Lipinski definition) is 2. The molecule has 3 N–H and O–H groups in total. The van der Waals surface area contributed by atoms with Crippen LogP contribution in [0.3, 0.4) is 0 Å². The minimum absolute atomic E-state index is 0.0971. The van der Waals surface area contributed by atoms with E-state index in [1.54, 1.807) is 0 Å². The molecule has 2 rings (SSSR count). The van der Waals surface area contributed by atoms with Crippen LogP contribution in [0, 0.1) is 12.8 Å². The molecule has 0 amide bonds. The lowest BCUT2D eigenvalue weighted by Crippen LogP contribution is -2.41. The first kappa shape index (κ1) is 16.0. The molecule has 1 aliphatic rings. The van der Waals surface area contributed by atoms with E-state index in [0.29, 0.717) is 5.92 Å². The second kappa shape index (κ2) is 5.41. The lowest BCUT2D eigenvalue weighted by molar-refractivity contribution is -0.0779. The van der Waals surface area contributed by atoms with Crippen LogP contribution in [-0.2, 0) is 4.74 Å². The summed E-state index contributed by atoms with van der Waals surface area (Å²) in [5.41, 5.74) is 5.20. The fourth-order valence-electron chi connectivity index (χ4n) is 3.53. The molecule has 20 heavy (non-hydrogen) atoms. The smallest absolute Gasteiger partial charge is 0.0681 e. The van der Waals surface area contributed by atoms with Crippen molar-refractivity contribution in [2.45, 2.75) is 58.3 Å². The second-order valence-electron chi connectivity index (χ2n) is 6.92. The predicted molar refractivity (Wildman–Crippen MR) is 86.3 cm³/mol. The molecule has 2 atom stereocenters. The van der Waals surface area contributed by atoms with Crippen LogP contribution in [-0.4, -0.2) is 11.2 Å². The number of hydrogen-bond acceptors (Lipinski definition) is 3. The van der Waals surface area contributed by atoms with Gasteiger partial charge in [-0.15, -0.1) is 0 Å². The number of nitrogens with one attached hydrogen (secondary N) is 1. The highest BCUT2D eigenvalue weighted by atomic mass is 79.9. The molecule has 1 heterocycles. The van der Waals surface area contributed by atoms with Crippen LogP contribution >= 0.6 is 15.9 Å². The molecular formula is C16H25BrN2O. The summed E-state index contributed by atoms with van der Waals surface area (Å²) in [4.78, 5) is 0. The summed E-state index contributed by atoms with van der Waals surface area (Å²) in [6.45, 7) is 10.7. The Morgan fingerprint density at radius 3 is 2.45 bits per heavy atom. The Labute approximate surface area is 130 Å². The van der Waals surface area contributed by atoms with Crippen molar-refractivity contribution in [2.24, 2.45) is 11.8 Å². The topological polar surface area (TPSA) is 47.3 Å². The van der Waals surface area contributed by atoms with Crippen LogP contribution in [0.25, 0.3) is 0 Å². The van der Waals surface area contributed by atoms with Gasteiger partial charge in [0.1, 0.15) is 0 Å². The van der Waals surface area contributed by atoms with E-state index in [1.165, 1.54) is 11.1 Å². The van der Waals surface area contributed by atoms with Crippen LogP contribution in [0.1, 0.15) is 51.3 Å². The summed E-state index contributed by atoms with van der Waals surface area (Å²) < 4.78 is 7.31. The molecule has 0 bridgehead atoms. The van der Waals surface area contributed by atoms with Gasteiger partial charge in [-0.1, -0.05) is 22.0 Å². The number of halogens is 1. The van der Waals surface area contributed by atoms with Gasteiger partial charge >= 0.3 is 0 Å². The molecule has 4 heteroatoms. The zero-order valence-corrected chi connectivity index (χ0v) is 14.5. The standard InChI is InChI=1S/C16H25BrN2O/c1-10-8-11(17)6-7-12(10)14(19-18)13-9-15(2,3)20-16(13,4)5/h6-8,13-14,19H,9,18H2,1-5H3. The molecule has 0 saturated carbocycles. The van der Waals surface area contributed by atoms with Crippen LogP contribution < -0.4 is 11.3 Å². The molecule has 1 fully saturated rings. The molecule has 0 aliphatic carbocycles. The number of hydrazine groups is 1. The van der Waals surface area contributed by atoms with Crippen molar-refractivity contribution in [1.29, 1.82) is 0 Å². The minimum atomic E-state index is -0.194. The Bertz CT molecular complexity index is 499. The molecule has 112 valence electrons. The van der Waals surface area contributed by atoms with E-state index in [9.17, 15) is 0 Å². The third-order valence-corrected chi connectivity index (χ3v) is 4.79. The number of nitrogens with two attached hydrogens (primary N) is 1. The van der Waals surface area contributed by atoms with Crippen molar-refractivity contribution in [1.82, 2.24) is 5.43 Å². The van der Waals surface area contributed by atoms with Crippen molar-refractivity contribution in [3.8, 4) is 0 Å². The highest BCUT2D eigenvalue weighted by molar-refractivity contribution is 9.10. The first-order valence-corrected chi connectivity index (χ1v) is 7.88. The van der Waals surface area contributed by atoms with Crippen LogP contribution in [0.2, 0.25) is 0 Å². The quantitative estimate of drug-likeness (QED) is 0.648. The van der Waals surface area contributed by atoms with Crippen LogP contribution in [0.5, 0.6) is 0 Å². The van der Waals surface area contributed by atoms with E-state index in [-0.39, 0.29) is 17.2 Å². The summed E-state index contributed by atoms with van der Waals surface area (Å²) in [7, 11) is 0. The highest BCUT2D eigenvalue weighted by Gasteiger charge is 2.49. The summed E-state index contributed by atoms with van der Waals surface area (Å²) in [5, 5.41) is 0. The van der Waals surface area contributed by atoms with Gasteiger partial charge in [0.15, 0.2) is 0 Å². The van der Waals surface area contributed by atoms with E-state index in [4.69, 9.17) is 10.6 Å². The summed E-state index contributed by atoms with van der Waals surface area (Å²) in [6.07, 6.45) is 0.990. The number of benzene rings is 1. The van der Waals surface area contributed by atoms with Gasteiger partial charge < -0.3 is 4.74 Å². The zero-order valence-electron chi connectivity index (χ0n) is 13.0. The van der Waals surface area contributed by atoms with Crippen molar-refractivity contribution in [3.05, 3.63) is 33.8 Å². The van der Waals surface area contributed by atoms with Crippen molar-refractivity contribution in [3.63, 3.8) is 0 Å². The van der Waals surface area contributed by atoms with E-state index >= 15 is 0 Å². The largest absolute Gasteiger partial charge is 0.369 e. The van der Waals surface area contributed by atoms with Gasteiger partial charge in [-0.05, 0) is 64.3 Å². The minimum Gasteiger partial charge on any atom is -0.369 e. The fraction of sp³-hybridized carbons (Fsp3) is 0.625. The molecule has 1 aliphatic heterocycles. The molecule has 1 aromatic rings. The summed E-state index contributed by atoms with van der Waals surface area (Å²) in [6, 6.07) is 6.44. The van der Waals surface area contributed by atoms with Crippen molar-refractivity contribution >= 4 is 15.9 Å². The Kier molecular flexibility index (Phi) is 4.32. The van der Waals surface area contributed by atoms with Gasteiger partial charge in [0.2, 0.25) is 0 Å². The molecule has 3 nitrogen and oxygen atoms in total. The Morgan fingerprint density at radius 1 is 1.35 bits per heavy atom. The van der Waals surface area contributed by atoms with Gasteiger partial charge in [-0.25, -0.2) is 0 Å². The van der Waals surface area contributed by atoms with Crippen molar-refractivity contribution in [2.75, 3.05) is 0 Å². The van der Waals surface area contributed by atoms with Gasteiger partial charge in [-0.2, -0.15) is 0 Å². The Morgan fingerprint density at radius 2 is 2.00 bits per heavy atom. The van der Waals surface area contributed by atoms with E-state index < -0.39 is 0 Å². The van der Waals surface area contributed by atoms with Gasteiger partial charge in [0, 0.05) is 10.4 Å². The zero-order chi connectivity index (χ0) is 15.1. The first-order valence-electron chi connectivity index (χ1n) is 7.09. The molecule has 2 unspecified atom stereocenters. The van der Waals surface area contributed by atoms with E-state index in [2.05, 4.69) is 74.2 Å². The first-order chi connectivity index (χ1) is 9.16. The van der Waals surface area contributed by atoms with E-state index in [0.717, 1.165) is 10.9 Å². The van der Waals surface area contributed by atoms with E-state index in [1.807, 2.05) is 0 Å². The third kappa shape index (κ3) is 3.08. The fourth-order valence-corrected chi connectivity index (χ4v) is 4.01. The lowest BCUT2D eigenvalue weighted by atomic mass is 9.78. The number of rotatable bonds is 3. The van der Waals surface area contributed by atoms with Gasteiger partial charge in [0.25, 0.3) is 0 Å². The maximum Gasteiger partial charge on any atom is 0.0681 e. The maximum atomic E-state index is 6.21. The lowest BCUT2D eigenvalue weighted by Gasteiger charge is -2.33. The monoisotopic (exact) mass is 340 g/mol. The molecule has 0 aromatic heterocycles. The van der Waals surface area contributed by atoms with Crippen molar-refractivity contribution < 1.29 is 4.74 Å².